The quantitative estimate of drug-likeness (QED) is 0.795. The van der Waals surface area contributed by atoms with Crippen LogP contribution in [0.25, 0.3) is 0 Å². The van der Waals surface area contributed by atoms with Crippen LogP contribution in [0.2, 0.25) is 5.02 Å². The van der Waals surface area contributed by atoms with E-state index in [0.717, 1.165) is 32.8 Å². The molecule has 0 atom stereocenters. The molecule has 0 aliphatic carbocycles. The summed E-state index contributed by atoms with van der Waals surface area (Å²) < 4.78 is 9.91. The molecule has 1 saturated heterocycles. The SMILES string of the molecule is COC(=O)c1ccc(Cl)c(NC(=O)NCCN2CCOCC2)c1. The first-order valence-corrected chi connectivity index (χ1v) is 7.71. The lowest BCUT2D eigenvalue weighted by atomic mass is 10.2. The van der Waals surface area contributed by atoms with Gasteiger partial charge in [-0.3, -0.25) is 4.90 Å². The summed E-state index contributed by atoms with van der Waals surface area (Å²) in [7, 11) is 1.29. The maximum Gasteiger partial charge on any atom is 0.337 e. The van der Waals surface area contributed by atoms with Gasteiger partial charge >= 0.3 is 12.0 Å². The molecule has 7 nitrogen and oxygen atoms in total. The lowest BCUT2D eigenvalue weighted by Crippen LogP contribution is -2.42. The second kappa shape index (κ2) is 8.71. The molecule has 1 heterocycles. The van der Waals surface area contributed by atoms with E-state index in [-0.39, 0.29) is 6.03 Å². The third kappa shape index (κ3) is 5.38. The maximum absolute atomic E-state index is 11.9. The van der Waals surface area contributed by atoms with E-state index in [1.165, 1.54) is 25.3 Å². The summed E-state index contributed by atoms with van der Waals surface area (Å²) in [4.78, 5) is 25.6. The van der Waals surface area contributed by atoms with Gasteiger partial charge in [-0.1, -0.05) is 11.6 Å². The minimum absolute atomic E-state index is 0.320. The van der Waals surface area contributed by atoms with Gasteiger partial charge < -0.3 is 20.1 Å². The number of carbonyl (C=O) groups is 2. The van der Waals surface area contributed by atoms with Crippen LogP contribution in [0, 0.1) is 0 Å². The maximum atomic E-state index is 11.9. The number of hydrogen-bond acceptors (Lipinski definition) is 5. The monoisotopic (exact) mass is 341 g/mol. The van der Waals surface area contributed by atoms with Gasteiger partial charge in [-0.15, -0.1) is 0 Å². The zero-order valence-electron chi connectivity index (χ0n) is 12.9. The molecule has 2 N–H and O–H groups in total. The fourth-order valence-electron chi connectivity index (χ4n) is 2.18. The van der Waals surface area contributed by atoms with Crippen LogP contribution >= 0.6 is 11.6 Å². The number of esters is 1. The van der Waals surface area contributed by atoms with Gasteiger partial charge in [-0.2, -0.15) is 0 Å². The molecule has 1 aliphatic heterocycles. The molecule has 0 aromatic heterocycles. The number of ether oxygens (including phenoxy) is 2. The molecule has 2 amide bonds. The Labute approximate surface area is 139 Å². The van der Waals surface area contributed by atoms with Gasteiger partial charge in [0.1, 0.15) is 0 Å². The first kappa shape index (κ1) is 17.5. The van der Waals surface area contributed by atoms with Crippen molar-refractivity contribution in [2.24, 2.45) is 0 Å². The first-order chi connectivity index (χ1) is 11.1. The summed E-state index contributed by atoms with van der Waals surface area (Å²) in [6, 6.07) is 4.19. The van der Waals surface area contributed by atoms with Crippen LogP contribution in [0.4, 0.5) is 10.5 Å². The van der Waals surface area contributed by atoms with Gasteiger partial charge in [0.2, 0.25) is 0 Å². The highest BCUT2D eigenvalue weighted by molar-refractivity contribution is 6.33. The van der Waals surface area contributed by atoms with E-state index in [2.05, 4.69) is 20.3 Å². The normalized spacial score (nSPS) is 15.0. The van der Waals surface area contributed by atoms with Gasteiger partial charge in [0.05, 0.1) is 36.6 Å². The van der Waals surface area contributed by atoms with E-state index < -0.39 is 5.97 Å². The minimum atomic E-state index is -0.488. The van der Waals surface area contributed by atoms with Crippen LogP contribution in [0.15, 0.2) is 18.2 Å². The van der Waals surface area contributed by atoms with Crippen LogP contribution in [0.1, 0.15) is 10.4 Å². The topological polar surface area (TPSA) is 79.9 Å². The van der Waals surface area contributed by atoms with Crippen LogP contribution < -0.4 is 10.6 Å². The molecule has 0 bridgehead atoms. The Balaban J connectivity index is 1.83. The fraction of sp³-hybridized carbons (Fsp3) is 0.467. The number of nitrogens with one attached hydrogen (secondary N) is 2. The highest BCUT2D eigenvalue weighted by atomic mass is 35.5. The van der Waals surface area contributed by atoms with Crippen LogP contribution in [0.5, 0.6) is 0 Å². The van der Waals surface area contributed by atoms with Gasteiger partial charge in [0, 0.05) is 26.2 Å². The van der Waals surface area contributed by atoms with Gasteiger partial charge in [0.25, 0.3) is 0 Å². The molecule has 1 fully saturated rings. The number of anilines is 1. The third-order valence-electron chi connectivity index (χ3n) is 3.45. The summed E-state index contributed by atoms with van der Waals surface area (Å²) >= 11 is 6.03. The summed E-state index contributed by atoms with van der Waals surface area (Å²) in [6.45, 7) is 4.46. The number of amides is 2. The molecule has 1 aliphatic rings. The van der Waals surface area contributed by atoms with Crippen molar-refractivity contribution in [1.29, 1.82) is 0 Å². The number of carbonyl (C=O) groups excluding carboxylic acids is 2. The Morgan fingerprint density at radius 1 is 1.35 bits per heavy atom. The Morgan fingerprint density at radius 3 is 2.78 bits per heavy atom. The number of morpholine rings is 1. The zero-order valence-corrected chi connectivity index (χ0v) is 13.7. The number of methoxy groups -OCH3 is 1. The summed E-state index contributed by atoms with van der Waals surface area (Å²) in [5, 5.41) is 5.74. The summed E-state index contributed by atoms with van der Waals surface area (Å²) in [6.07, 6.45) is 0. The van der Waals surface area contributed by atoms with Crippen molar-refractivity contribution < 1.29 is 19.1 Å². The van der Waals surface area contributed by atoms with Gasteiger partial charge in [0.15, 0.2) is 0 Å². The van der Waals surface area contributed by atoms with Crippen LogP contribution in [-0.2, 0) is 9.47 Å². The van der Waals surface area contributed by atoms with Crippen molar-refractivity contribution in [3.63, 3.8) is 0 Å². The molecule has 8 heteroatoms. The number of nitrogens with zero attached hydrogens (tertiary/aromatic N) is 1. The molecule has 1 aromatic carbocycles. The molecule has 126 valence electrons. The molecule has 0 spiro atoms. The molecule has 2 rings (SSSR count). The van der Waals surface area contributed by atoms with Crippen LogP contribution in [-0.4, -0.2) is 63.4 Å². The fourth-order valence-corrected chi connectivity index (χ4v) is 2.35. The number of urea groups is 1. The van der Waals surface area contributed by atoms with E-state index >= 15 is 0 Å². The molecule has 0 saturated carbocycles. The average Bonchev–Trinajstić information content (AvgIpc) is 2.57. The highest BCUT2D eigenvalue weighted by Crippen LogP contribution is 2.23. The first-order valence-electron chi connectivity index (χ1n) is 7.33. The lowest BCUT2D eigenvalue weighted by molar-refractivity contribution is 0.0388. The second-order valence-corrected chi connectivity index (χ2v) is 5.43. The second-order valence-electron chi connectivity index (χ2n) is 5.02. The predicted octanol–water partition coefficient (Wildman–Crippen LogP) is 1.58. The molecule has 23 heavy (non-hydrogen) atoms. The summed E-state index contributed by atoms with van der Waals surface area (Å²) in [5.74, 6) is -0.488. The van der Waals surface area contributed by atoms with Crippen molar-refractivity contribution >= 4 is 29.3 Å². The van der Waals surface area contributed by atoms with Crippen molar-refractivity contribution in [2.75, 3.05) is 51.8 Å². The highest BCUT2D eigenvalue weighted by Gasteiger charge is 2.12. The number of hydrogen-bond donors (Lipinski definition) is 2. The molecule has 1 aromatic rings. The van der Waals surface area contributed by atoms with Crippen molar-refractivity contribution in [2.45, 2.75) is 0 Å². The van der Waals surface area contributed by atoms with Crippen molar-refractivity contribution in [1.82, 2.24) is 10.2 Å². The Hall–Kier alpha value is -1.83. The smallest absolute Gasteiger partial charge is 0.337 e. The number of halogens is 1. The molecular weight excluding hydrogens is 322 g/mol. The van der Waals surface area contributed by atoms with E-state index in [1.54, 1.807) is 0 Å². The van der Waals surface area contributed by atoms with Crippen LogP contribution in [0.3, 0.4) is 0 Å². The molecular formula is C15H20ClN3O4. The van der Waals surface area contributed by atoms with Gasteiger partial charge in [-0.25, -0.2) is 9.59 Å². The molecule has 0 unspecified atom stereocenters. The Kier molecular flexibility index (Phi) is 6.64. The largest absolute Gasteiger partial charge is 0.465 e. The summed E-state index contributed by atoms with van der Waals surface area (Å²) in [5.41, 5.74) is 0.680. The minimum Gasteiger partial charge on any atom is -0.465 e. The Bertz CT molecular complexity index is 562. The van der Waals surface area contributed by atoms with Crippen molar-refractivity contribution in [3.05, 3.63) is 28.8 Å². The standard InChI is InChI=1S/C15H20ClN3O4/c1-22-14(20)11-2-3-12(16)13(10-11)18-15(21)17-4-5-19-6-8-23-9-7-19/h2-3,10H,4-9H2,1H3,(H2,17,18,21). The zero-order chi connectivity index (χ0) is 16.7. The Morgan fingerprint density at radius 2 is 2.09 bits per heavy atom. The third-order valence-corrected chi connectivity index (χ3v) is 3.78. The number of rotatable bonds is 5. The van der Waals surface area contributed by atoms with E-state index in [0.29, 0.717) is 22.8 Å². The van der Waals surface area contributed by atoms with Gasteiger partial charge in [-0.05, 0) is 18.2 Å². The molecule has 0 radical (unpaired) electrons. The van der Waals surface area contributed by atoms with Crippen molar-refractivity contribution in [3.8, 4) is 0 Å². The predicted molar refractivity (Wildman–Crippen MR) is 87.1 cm³/mol. The lowest BCUT2D eigenvalue weighted by Gasteiger charge is -2.26. The number of benzene rings is 1. The average molecular weight is 342 g/mol. The van der Waals surface area contributed by atoms with E-state index in [9.17, 15) is 9.59 Å². The van der Waals surface area contributed by atoms with E-state index in [1.807, 2.05) is 0 Å². The van der Waals surface area contributed by atoms with E-state index in [4.69, 9.17) is 16.3 Å².